The van der Waals surface area contributed by atoms with Gasteiger partial charge < -0.3 is 10.1 Å². The van der Waals surface area contributed by atoms with Gasteiger partial charge in [0.25, 0.3) is 5.91 Å². The van der Waals surface area contributed by atoms with Gasteiger partial charge in [-0.3, -0.25) is 4.79 Å². The predicted octanol–water partition coefficient (Wildman–Crippen LogP) is 3.89. The van der Waals surface area contributed by atoms with E-state index in [9.17, 15) is 9.18 Å². The Labute approximate surface area is 128 Å². The molecule has 1 aromatic carbocycles. The predicted molar refractivity (Wildman–Crippen MR) is 84.6 cm³/mol. The lowest BCUT2D eigenvalue weighted by atomic mass is 10.1. The van der Waals surface area contributed by atoms with Crippen molar-refractivity contribution < 1.29 is 13.9 Å². The Hall–Kier alpha value is -1.46. The summed E-state index contributed by atoms with van der Waals surface area (Å²) in [5, 5.41) is 3.41. The number of aryl methyl sites for hydroxylation is 1. The fourth-order valence-electron chi connectivity index (χ4n) is 2.14. The third-order valence-electron chi connectivity index (χ3n) is 3.17. The van der Waals surface area contributed by atoms with Crippen LogP contribution in [0.25, 0.3) is 10.1 Å². The third kappa shape index (κ3) is 3.80. The zero-order chi connectivity index (χ0) is 15.4. The van der Waals surface area contributed by atoms with Crippen molar-refractivity contribution in [3.8, 4) is 0 Å². The van der Waals surface area contributed by atoms with Crippen molar-refractivity contribution in [2.24, 2.45) is 0 Å². The van der Waals surface area contributed by atoms with Crippen LogP contribution in [0.1, 0.15) is 35.5 Å². The Kier molecular flexibility index (Phi) is 5.31. The molecule has 5 heteroatoms. The van der Waals surface area contributed by atoms with Crippen molar-refractivity contribution >= 4 is 27.3 Å². The van der Waals surface area contributed by atoms with Crippen LogP contribution in [0, 0.1) is 12.7 Å². The number of carbonyl (C=O) groups is 1. The van der Waals surface area contributed by atoms with Gasteiger partial charge in [-0.05, 0) is 44.9 Å². The van der Waals surface area contributed by atoms with Crippen LogP contribution in [0.3, 0.4) is 0 Å². The van der Waals surface area contributed by atoms with E-state index in [1.54, 1.807) is 13.0 Å². The van der Waals surface area contributed by atoms with Crippen molar-refractivity contribution in [1.82, 2.24) is 5.32 Å². The van der Waals surface area contributed by atoms with E-state index in [-0.39, 0.29) is 17.8 Å². The molecule has 1 heterocycles. The minimum atomic E-state index is -0.273. The van der Waals surface area contributed by atoms with Gasteiger partial charge in [-0.25, -0.2) is 4.39 Å². The first-order valence-electron chi connectivity index (χ1n) is 7.08. The van der Waals surface area contributed by atoms with Gasteiger partial charge >= 0.3 is 0 Å². The highest BCUT2D eigenvalue weighted by atomic mass is 32.1. The summed E-state index contributed by atoms with van der Waals surface area (Å²) >= 11 is 1.33. The summed E-state index contributed by atoms with van der Waals surface area (Å²) in [6.07, 6.45) is 0.968. The molecule has 0 aliphatic carbocycles. The minimum absolute atomic E-state index is 0.141. The van der Waals surface area contributed by atoms with E-state index in [0.29, 0.717) is 29.0 Å². The summed E-state index contributed by atoms with van der Waals surface area (Å²) in [6, 6.07) is 4.93. The highest BCUT2D eigenvalue weighted by molar-refractivity contribution is 7.21. The molecule has 2 aromatic rings. The highest BCUT2D eigenvalue weighted by Crippen LogP contribution is 2.32. The molecule has 1 N–H and O–H groups in total. The van der Waals surface area contributed by atoms with Crippen molar-refractivity contribution in [3.63, 3.8) is 0 Å². The van der Waals surface area contributed by atoms with Crippen molar-refractivity contribution in [3.05, 3.63) is 34.5 Å². The van der Waals surface area contributed by atoms with Crippen molar-refractivity contribution in [2.75, 3.05) is 13.2 Å². The molecule has 0 saturated carbocycles. The summed E-state index contributed by atoms with van der Waals surface area (Å²) in [4.78, 5) is 12.8. The topological polar surface area (TPSA) is 38.3 Å². The van der Waals surface area contributed by atoms with E-state index in [0.717, 1.165) is 11.1 Å². The number of hydrogen-bond acceptors (Lipinski definition) is 3. The molecular formula is C16H20FNO2S. The zero-order valence-electron chi connectivity index (χ0n) is 12.5. The number of benzene rings is 1. The standard InChI is InChI=1S/C16H20FNO2S/c1-10(2)20-9-5-8-18-16(19)15-11(3)14-12(17)6-4-7-13(14)21-15/h4,6-7,10H,5,8-9H2,1-3H3,(H,18,19). The molecule has 0 spiro atoms. The molecule has 1 amide bonds. The SMILES string of the molecule is Cc1c(C(=O)NCCCOC(C)C)sc2cccc(F)c12. The normalized spacial score (nSPS) is 11.3. The number of thiophene rings is 1. The molecule has 21 heavy (non-hydrogen) atoms. The number of fused-ring (bicyclic) bond motifs is 1. The van der Waals surface area contributed by atoms with Crippen LogP contribution in [-0.2, 0) is 4.74 Å². The molecule has 1 aromatic heterocycles. The molecule has 0 fully saturated rings. The lowest BCUT2D eigenvalue weighted by Crippen LogP contribution is -2.25. The first-order chi connectivity index (χ1) is 10.0. The number of carbonyl (C=O) groups excluding carboxylic acids is 1. The summed E-state index contributed by atoms with van der Waals surface area (Å²) in [5.74, 6) is -0.414. The van der Waals surface area contributed by atoms with E-state index in [1.807, 2.05) is 19.9 Å². The number of amides is 1. The fraction of sp³-hybridized carbons (Fsp3) is 0.438. The van der Waals surface area contributed by atoms with Crippen molar-refractivity contribution in [2.45, 2.75) is 33.3 Å². The number of nitrogens with one attached hydrogen (secondary N) is 1. The molecule has 0 saturated heterocycles. The Morgan fingerprint density at radius 1 is 1.43 bits per heavy atom. The lowest BCUT2D eigenvalue weighted by molar-refractivity contribution is 0.0757. The molecular weight excluding hydrogens is 289 g/mol. The Morgan fingerprint density at radius 3 is 2.86 bits per heavy atom. The maximum absolute atomic E-state index is 13.8. The summed E-state index contributed by atoms with van der Waals surface area (Å²) in [6.45, 7) is 6.93. The van der Waals surface area contributed by atoms with Gasteiger partial charge in [0.2, 0.25) is 0 Å². The average molecular weight is 309 g/mol. The molecule has 114 valence electrons. The Morgan fingerprint density at radius 2 is 2.19 bits per heavy atom. The first kappa shape index (κ1) is 15.9. The molecule has 0 radical (unpaired) electrons. The molecule has 0 bridgehead atoms. The van der Waals surface area contributed by atoms with Crippen LogP contribution < -0.4 is 5.32 Å². The summed E-state index contributed by atoms with van der Waals surface area (Å²) in [7, 11) is 0. The fourth-order valence-corrected chi connectivity index (χ4v) is 3.28. The molecule has 2 rings (SSSR count). The molecule has 0 aliphatic rings. The van der Waals surface area contributed by atoms with Gasteiger partial charge in [0.05, 0.1) is 11.0 Å². The van der Waals surface area contributed by atoms with Gasteiger partial charge in [-0.2, -0.15) is 0 Å². The van der Waals surface area contributed by atoms with Crippen LogP contribution >= 0.6 is 11.3 Å². The summed E-state index contributed by atoms with van der Waals surface area (Å²) < 4.78 is 20.0. The second-order valence-electron chi connectivity index (χ2n) is 5.20. The van der Waals surface area contributed by atoms with Gasteiger partial charge in [0.1, 0.15) is 5.82 Å². The van der Waals surface area contributed by atoms with Gasteiger partial charge in [-0.15, -0.1) is 11.3 Å². The zero-order valence-corrected chi connectivity index (χ0v) is 13.3. The van der Waals surface area contributed by atoms with Crippen LogP contribution in [0.2, 0.25) is 0 Å². The number of rotatable bonds is 6. The monoisotopic (exact) mass is 309 g/mol. The van der Waals surface area contributed by atoms with Gasteiger partial charge in [-0.1, -0.05) is 6.07 Å². The first-order valence-corrected chi connectivity index (χ1v) is 7.89. The summed E-state index contributed by atoms with van der Waals surface area (Å²) in [5.41, 5.74) is 0.712. The number of halogens is 1. The van der Waals surface area contributed by atoms with E-state index < -0.39 is 0 Å². The van der Waals surface area contributed by atoms with Crippen molar-refractivity contribution in [1.29, 1.82) is 0 Å². The Balaban J connectivity index is 2.00. The van der Waals surface area contributed by atoms with Crippen LogP contribution in [0.4, 0.5) is 4.39 Å². The average Bonchev–Trinajstić information content (AvgIpc) is 2.76. The smallest absolute Gasteiger partial charge is 0.261 e. The molecule has 0 aliphatic heterocycles. The van der Waals surface area contributed by atoms with Crippen LogP contribution in [-0.4, -0.2) is 25.2 Å². The second kappa shape index (κ2) is 7.00. The van der Waals surface area contributed by atoms with Crippen LogP contribution in [0.15, 0.2) is 18.2 Å². The largest absolute Gasteiger partial charge is 0.379 e. The van der Waals surface area contributed by atoms with Gasteiger partial charge in [0, 0.05) is 23.2 Å². The van der Waals surface area contributed by atoms with E-state index in [2.05, 4.69) is 5.32 Å². The molecule has 0 unspecified atom stereocenters. The number of hydrogen-bond donors (Lipinski definition) is 1. The number of ether oxygens (including phenoxy) is 1. The molecule has 3 nitrogen and oxygen atoms in total. The van der Waals surface area contributed by atoms with E-state index >= 15 is 0 Å². The van der Waals surface area contributed by atoms with E-state index in [4.69, 9.17) is 4.74 Å². The van der Waals surface area contributed by atoms with Crippen LogP contribution in [0.5, 0.6) is 0 Å². The lowest BCUT2D eigenvalue weighted by Gasteiger charge is -2.08. The quantitative estimate of drug-likeness (QED) is 0.822. The maximum Gasteiger partial charge on any atom is 0.261 e. The second-order valence-corrected chi connectivity index (χ2v) is 6.25. The minimum Gasteiger partial charge on any atom is -0.379 e. The van der Waals surface area contributed by atoms with Gasteiger partial charge in [0.15, 0.2) is 0 Å². The maximum atomic E-state index is 13.8. The Bertz CT molecular complexity index is 636. The third-order valence-corrected chi connectivity index (χ3v) is 4.42. The highest BCUT2D eigenvalue weighted by Gasteiger charge is 2.17. The molecule has 0 atom stereocenters. The van der Waals surface area contributed by atoms with E-state index in [1.165, 1.54) is 17.4 Å².